The number of unbranched alkanes of at least 4 members (excludes halogenated alkanes) is 2. The van der Waals surface area contributed by atoms with Crippen LogP contribution < -0.4 is 5.73 Å². The van der Waals surface area contributed by atoms with Crippen molar-refractivity contribution in [3.05, 3.63) is 35.4 Å². The van der Waals surface area contributed by atoms with Gasteiger partial charge in [-0.2, -0.15) is 0 Å². The Balaban J connectivity index is 1.91. The van der Waals surface area contributed by atoms with Crippen LogP contribution in [0.3, 0.4) is 0 Å². The van der Waals surface area contributed by atoms with Gasteiger partial charge in [0.1, 0.15) is 0 Å². The van der Waals surface area contributed by atoms with E-state index in [2.05, 4.69) is 36.1 Å². The van der Waals surface area contributed by atoms with Crippen molar-refractivity contribution in [1.29, 1.82) is 0 Å². The predicted octanol–water partition coefficient (Wildman–Crippen LogP) is 2.26. The number of aliphatic hydroxyl groups excluding tert-OH is 1. The summed E-state index contributed by atoms with van der Waals surface area (Å²) in [5.41, 5.74) is 8.16. The molecule has 0 aromatic heterocycles. The van der Waals surface area contributed by atoms with Gasteiger partial charge in [0.15, 0.2) is 0 Å². The fourth-order valence-corrected chi connectivity index (χ4v) is 2.25. The fourth-order valence-electron chi connectivity index (χ4n) is 2.25. The van der Waals surface area contributed by atoms with Crippen molar-refractivity contribution in [1.82, 2.24) is 0 Å². The lowest BCUT2D eigenvalue weighted by Crippen LogP contribution is -2.01. The maximum Gasteiger partial charge on any atom is 0.0431 e. The van der Waals surface area contributed by atoms with E-state index in [9.17, 15) is 0 Å². The van der Waals surface area contributed by atoms with Crippen LogP contribution >= 0.6 is 0 Å². The average molecular weight is 243 g/mol. The van der Waals surface area contributed by atoms with Crippen LogP contribution in [0.2, 0.25) is 0 Å². The van der Waals surface area contributed by atoms with Crippen LogP contribution in [0.5, 0.6) is 0 Å². The van der Waals surface area contributed by atoms with Gasteiger partial charge in [0.25, 0.3) is 0 Å². The Kier molecular flexibility index (Phi) is 4.81. The van der Waals surface area contributed by atoms with E-state index in [1.54, 1.807) is 0 Å². The molecule has 0 unspecified atom stereocenters. The SMILES string of the molecule is NC[C@H]1C[C@@H]1c1cccc(C#CCCCCO)c1. The number of nitrogens with two attached hydrogens (primary N) is 1. The summed E-state index contributed by atoms with van der Waals surface area (Å²) in [5.74, 6) is 7.70. The molecule has 1 aromatic rings. The maximum absolute atomic E-state index is 8.68. The van der Waals surface area contributed by atoms with Crippen molar-refractivity contribution in [2.75, 3.05) is 13.2 Å². The van der Waals surface area contributed by atoms with Crippen LogP contribution in [0.1, 0.15) is 42.7 Å². The third-order valence-corrected chi connectivity index (χ3v) is 3.48. The first-order valence-corrected chi connectivity index (χ1v) is 6.75. The molecule has 0 radical (unpaired) electrons. The van der Waals surface area contributed by atoms with E-state index in [1.165, 1.54) is 12.0 Å². The van der Waals surface area contributed by atoms with Gasteiger partial charge in [-0.1, -0.05) is 24.0 Å². The summed E-state index contributed by atoms with van der Waals surface area (Å²) in [7, 11) is 0. The summed E-state index contributed by atoms with van der Waals surface area (Å²) in [6.07, 6.45) is 3.90. The lowest BCUT2D eigenvalue weighted by molar-refractivity contribution is 0.285. The van der Waals surface area contributed by atoms with Gasteiger partial charge in [0.2, 0.25) is 0 Å². The molecule has 18 heavy (non-hydrogen) atoms. The Bertz CT molecular complexity index is 444. The molecule has 3 N–H and O–H groups in total. The third-order valence-electron chi connectivity index (χ3n) is 3.48. The van der Waals surface area contributed by atoms with E-state index in [-0.39, 0.29) is 6.61 Å². The highest BCUT2D eigenvalue weighted by Crippen LogP contribution is 2.46. The van der Waals surface area contributed by atoms with E-state index in [0.29, 0.717) is 11.8 Å². The topological polar surface area (TPSA) is 46.2 Å². The van der Waals surface area contributed by atoms with Crippen LogP contribution in [-0.4, -0.2) is 18.3 Å². The summed E-state index contributed by atoms with van der Waals surface area (Å²) in [5, 5.41) is 8.68. The van der Waals surface area contributed by atoms with Gasteiger partial charge < -0.3 is 10.8 Å². The molecule has 0 spiro atoms. The number of benzene rings is 1. The second-order valence-corrected chi connectivity index (χ2v) is 4.95. The summed E-state index contributed by atoms with van der Waals surface area (Å²) < 4.78 is 0. The van der Waals surface area contributed by atoms with Crippen LogP contribution in [-0.2, 0) is 0 Å². The first kappa shape index (κ1) is 13.1. The minimum absolute atomic E-state index is 0.263. The molecular weight excluding hydrogens is 222 g/mol. The second-order valence-electron chi connectivity index (χ2n) is 4.95. The average Bonchev–Trinajstić information content (AvgIpc) is 3.18. The second kappa shape index (κ2) is 6.58. The van der Waals surface area contributed by atoms with Crippen LogP contribution in [0, 0.1) is 17.8 Å². The zero-order valence-corrected chi connectivity index (χ0v) is 10.7. The smallest absolute Gasteiger partial charge is 0.0431 e. The van der Waals surface area contributed by atoms with E-state index < -0.39 is 0 Å². The summed E-state index contributed by atoms with van der Waals surface area (Å²) in [6, 6.07) is 8.51. The molecule has 1 aliphatic rings. The standard InChI is InChI=1S/C16H21NO/c17-12-15-11-16(15)14-8-5-7-13(10-14)6-3-1-2-4-9-18/h5,7-8,10,15-16,18H,1-2,4,9,11-12,17H2/t15-,16-/m1/s1. The molecule has 0 bridgehead atoms. The van der Waals surface area contributed by atoms with Crippen molar-refractivity contribution in [3.63, 3.8) is 0 Å². The Morgan fingerprint density at radius 2 is 2.22 bits per heavy atom. The van der Waals surface area contributed by atoms with Crippen LogP contribution in [0.4, 0.5) is 0 Å². The zero-order chi connectivity index (χ0) is 12.8. The summed E-state index contributed by atoms with van der Waals surface area (Å²) >= 11 is 0. The van der Waals surface area contributed by atoms with Crippen molar-refractivity contribution >= 4 is 0 Å². The highest BCUT2D eigenvalue weighted by molar-refractivity contribution is 5.39. The van der Waals surface area contributed by atoms with Gasteiger partial charge in [-0.3, -0.25) is 0 Å². The van der Waals surface area contributed by atoms with Gasteiger partial charge in [0, 0.05) is 18.6 Å². The number of aliphatic hydroxyl groups is 1. The summed E-state index contributed by atoms with van der Waals surface area (Å²) in [6.45, 7) is 1.06. The number of hydrogen-bond donors (Lipinski definition) is 2. The minimum atomic E-state index is 0.263. The van der Waals surface area contributed by atoms with Gasteiger partial charge in [-0.05, 0) is 55.3 Å². The van der Waals surface area contributed by atoms with Crippen molar-refractivity contribution in [2.45, 2.75) is 31.6 Å². The van der Waals surface area contributed by atoms with Gasteiger partial charge in [-0.25, -0.2) is 0 Å². The van der Waals surface area contributed by atoms with Crippen molar-refractivity contribution < 1.29 is 5.11 Å². The van der Waals surface area contributed by atoms with E-state index in [0.717, 1.165) is 31.4 Å². The van der Waals surface area contributed by atoms with Crippen molar-refractivity contribution in [3.8, 4) is 11.8 Å². The molecule has 1 aliphatic carbocycles. The quantitative estimate of drug-likeness (QED) is 0.615. The zero-order valence-electron chi connectivity index (χ0n) is 10.7. The predicted molar refractivity (Wildman–Crippen MR) is 74.2 cm³/mol. The Morgan fingerprint density at radius 3 is 2.94 bits per heavy atom. The largest absolute Gasteiger partial charge is 0.396 e. The monoisotopic (exact) mass is 243 g/mol. The minimum Gasteiger partial charge on any atom is -0.396 e. The molecule has 2 rings (SSSR count). The van der Waals surface area contributed by atoms with Gasteiger partial charge in [-0.15, -0.1) is 0 Å². The van der Waals surface area contributed by atoms with Crippen molar-refractivity contribution in [2.24, 2.45) is 11.7 Å². The normalized spacial score (nSPS) is 21.2. The fraction of sp³-hybridized carbons (Fsp3) is 0.500. The molecule has 2 heteroatoms. The van der Waals surface area contributed by atoms with Crippen LogP contribution in [0.25, 0.3) is 0 Å². The molecular formula is C16H21NO. The molecule has 2 nitrogen and oxygen atoms in total. The Hall–Kier alpha value is -1.30. The van der Waals surface area contributed by atoms with Gasteiger partial charge >= 0.3 is 0 Å². The van der Waals surface area contributed by atoms with Gasteiger partial charge in [0.05, 0.1) is 0 Å². The molecule has 1 saturated carbocycles. The molecule has 1 fully saturated rings. The van der Waals surface area contributed by atoms with Crippen LogP contribution in [0.15, 0.2) is 24.3 Å². The maximum atomic E-state index is 8.68. The molecule has 2 atom stereocenters. The first-order valence-electron chi connectivity index (χ1n) is 6.75. The third kappa shape index (κ3) is 3.60. The first-order chi connectivity index (χ1) is 8.85. The highest BCUT2D eigenvalue weighted by Gasteiger charge is 2.36. The molecule has 1 aromatic carbocycles. The Labute approximate surface area is 109 Å². The van der Waals surface area contributed by atoms with E-state index in [4.69, 9.17) is 10.8 Å². The molecule has 0 saturated heterocycles. The van der Waals surface area contributed by atoms with E-state index in [1.807, 2.05) is 0 Å². The number of hydrogen-bond acceptors (Lipinski definition) is 2. The molecule has 0 aliphatic heterocycles. The lowest BCUT2D eigenvalue weighted by atomic mass is 10.1. The molecule has 96 valence electrons. The highest BCUT2D eigenvalue weighted by atomic mass is 16.2. The number of rotatable bonds is 5. The molecule has 0 amide bonds. The Morgan fingerprint density at radius 1 is 1.33 bits per heavy atom. The van der Waals surface area contributed by atoms with E-state index >= 15 is 0 Å². The lowest BCUT2D eigenvalue weighted by Gasteiger charge is -2.00. The molecule has 0 heterocycles. The summed E-state index contributed by atoms with van der Waals surface area (Å²) in [4.78, 5) is 0.